The predicted octanol–water partition coefficient (Wildman–Crippen LogP) is 1.50. The van der Waals surface area contributed by atoms with Crippen molar-refractivity contribution in [2.24, 2.45) is 5.73 Å². The summed E-state index contributed by atoms with van der Waals surface area (Å²) in [6.07, 6.45) is 2.95. The second-order valence-electron chi connectivity index (χ2n) is 2.98. The molecule has 74 valence electrons. The lowest BCUT2D eigenvalue weighted by Crippen LogP contribution is -2.05. The molecule has 0 saturated carbocycles. The highest BCUT2D eigenvalue weighted by atomic mass is 16.5. The minimum Gasteiger partial charge on any atom is -0.496 e. The smallest absolute Gasteiger partial charge is 0.241 e. The highest BCUT2D eigenvalue weighted by Gasteiger charge is 1.99. The predicted molar refractivity (Wildman–Crippen MR) is 56.0 cm³/mol. The van der Waals surface area contributed by atoms with Gasteiger partial charge in [-0.1, -0.05) is 12.1 Å². The van der Waals surface area contributed by atoms with Crippen LogP contribution in [0.1, 0.15) is 11.1 Å². The zero-order valence-electron chi connectivity index (χ0n) is 8.28. The van der Waals surface area contributed by atoms with E-state index in [4.69, 9.17) is 10.5 Å². The molecule has 0 radical (unpaired) electrons. The highest BCUT2D eigenvalue weighted by molar-refractivity contribution is 5.90. The molecule has 0 aliphatic carbocycles. The van der Waals surface area contributed by atoms with Gasteiger partial charge in [0, 0.05) is 11.6 Å². The number of aryl methyl sites for hydroxylation is 1. The molecule has 14 heavy (non-hydrogen) atoms. The number of hydrogen-bond acceptors (Lipinski definition) is 2. The number of hydrogen-bond donors (Lipinski definition) is 1. The van der Waals surface area contributed by atoms with Gasteiger partial charge < -0.3 is 10.5 Å². The van der Waals surface area contributed by atoms with E-state index in [1.54, 1.807) is 13.2 Å². The van der Waals surface area contributed by atoms with E-state index in [1.807, 2.05) is 25.1 Å². The van der Waals surface area contributed by atoms with Crippen molar-refractivity contribution in [2.45, 2.75) is 6.92 Å². The van der Waals surface area contributed by atoms with E-state index in [0.29, 0.717) is 0 Å². The van der Waals surface area contributed by atoms with Gasteiger partial charge in [0.2, 0.25) is 5.91 Å². The molecule has 2 N–H and O–H groups in total. The zero-order valence-corrected chi connectivity index (χ0v) is 8.28. The maximum Gasteiger partial charge on any atom is 0.241 e. The molecule has 3 nitrogen and oxygen atoms in total. The van der Waals surface area contributed by atoms with E-state index in [1.165, 1.54) is 6.08 Å². The van der Waals surface area contributed by atoms with Gasteiger partial charge in [-0.05, 0) is 24.6 Å². The minimum absolute atomic E-state index is 0.465. The van der Waals surface area contributed by atoms with Gasteiger partial charge in [-0.2, -0.15) is 0 Å². The Morgan fingerprint density at radius 2 is 2.21 bits per heavy atom. The molecule has 0 fully saturated rings. The zero-order chi connectivity index (χ0) is 10.6. The van der Waals surface area contributed by atoms with Crippen LogP contribution in [0, 0.1) is 6.92 Å². The molecule has 0 aliphatic heterocycles. The molecule has 0 heterocycles. The number of benzene rings is 1. The van der Waals surface area contributed by atoms with E-state index in [2.05, 4.69) is 0 Å². The van der Waals surface area contributed by atoms with Gasteiger partial charge in [0.25, 0.3) is 0 Å². The Kier molecular flexibility index (Phi) is 3.29. The van der Waals surface area contributed by atoms with Crippen LogP contribution in [-0.4, -0.2) is 13.0 Å². The second kappa shape index (κ2) is 4.46. The number of methoxy groups -OCH3 is 1. The summed E-state index contributed by atoms with van der Waals surface area (Å²) in [5, 5.41) is 0. The Balaban J connectivity index is 3.02. The summed E-state index contributed by atoms with van der Waals surface area (Å²) in [7, 11) is 1.59. The van der Waals surface area contributed by atoms with Crippen molar-refractivity contribution >= 4 is 12.0 Å². The van der Waals surface area contributed by atoms with Gasteiger partial charge in [-0.3, -0.25) is 4.79 Å². The Morgan fingerprint density at radius 3 is 2.79 bits per heavy atom. The molecule has 0 aromatic heterocycles. The number of nitrogens with two attached hydrogens (primary N) is 1. The third kappa shape index (κ3) is 2.62. The van der Waals surface area contributed by atoms with Crippen LogP contribution < -0.4 is 10.5 Å². The Labute approximate surface area is 83.2 Å². The van der Waals surface area contributed by atoms with Crippen molar-refractivity contribution in [3.05, 3.63) is 35.4 Å². The quantitative estimate of drug-likeness (QED) is 0.736. The van der Waals surface area contributed by atoms with Gasteiger partial charge >= 0.3 is 0 Å². The van der Waals surface area contributed by atoms with Crippen molar-refractivity contribution in [1.29, 1.82) is 0 Å². The first-order valence-electron chi connectivity index (χ1n) is 4.25. The average molecular weight is 191 g/mol. The van der Waals surface area contributed by atoms with E-state index in [-0.39, 0.29) is 0 Å². The number of amides is 1. The lowest BCUT2D eigenvalue weighted by atomic mass is 10.1. The van der Waals surface area contributed by atoms with Crippen molar-refractivity contribution in [1.82, 2.24) is 0 Å². The first kappa shape index (κ1) is 10.3. The Hall–Kier alpha value is -1.77. The summed E-state index contributed by atoms with van der Waals surface area (Å²) in [5.74, 6) is 0.273. The second-order valence-corrected chi connectivity index (χ2v) is 2.98. The molecule has 0 unspecified atom stereocenters. The Bertz CT molecular complexity index is 370. The van der Waals surface area contributed by atoms with Gasteiger partial charge in [0.05, 0.1) is 7.11 Å². The van der Waals surface area contributed by atoms with Gasteiger partial charge in [0.1, 0.15) is 5.75 Å². The molecule has 0 saturated heterocycles. The van der Waals surface area contributed by atoms with E-state index < -0.39 is 5.91 Å². The van der Waals surface area contributed by atoms with E-state index >= 15 is 0 Å². The summed E-state index contributed by atoms with van der Waals surface area (Å²) < 4.78 is 5.16. The van der Waals surface area contributed by atoms with Crippen LogP contribution >= 0.6 is 0 Å². The lowest BCUT2D eigenvalue weighted by Gasteiger charge is -2.05. The number of carbonyl (C=O) groups excluding carboxylic acids is 1. The maximum absolute atomic E-state index is 10.5. The number of rotatable bonds is 3. The topological polar surface area (TPSA) is 52.3 Å². The molecule has 0 spiro atoms. The molecule has 3 heteroatoms. The summed E-state index contributed by atoms with van der Waals surface area (Å²) in [6, 6.07) is 5.73. The summed E-state index contributed by atoms with van der Waals surface area (Å²) in [5.41, 5.74) is 6.95. The van der Waals surface area contributed by atoms with Crippen LogP contribution in [0.5, 0.6) is 5.75 Å². The molecular weight excluding hydrogens is 178 g/mol. The lowest BCUT2D eigenvalue weighted by molar-refractivity contribution is -0.113. The summed E-state index contributed by atoms with van der Waals surface area (Å²) >= 11 is 0. The molecule has 1 rings (SSSR count). The number of primary amides is 1. The van der Waals surface area contributed by atoms with Crippen molar-refractivity contribution in [3.63, 3.8) is 0 Å². The minimum atomic E-state index is -0.465. The van der Waals surface area contributed by atoms with E-state index in [9.17, 15) is 4.79 Å². The largest absolute Gasteiger partial charge is 0.496 e. The molecule has 0 atom stereocenters. The van der Waals surface area contributed by atoms with Gasteiger partial charge in [-0.25, -0.2) is 0 Å². The normalized spacial score (nSPS) is 10.4. The summed E-state index contributed by atoms with van der Waals surface area (Å²) in [4.78, 5) is 10.5. The SMILES string of the molecule is COc1cc(C)ccc1C=CC(N)=O. The maximum atomic E-state index is 10.5. The third-order valence-electron chi connectivity index (χ3n) is 1.82. The fourth-order valence-electron chi connectivity index (χ4n) is 1.13. The van der Waals surface area contributed by atoms with Crippen LogP contribution in [-0.2, 0) is 4.79 Å². The van der Waals surface area contributed by atoms with Crippen LogP contribution in [0.2, 0.25) is 0 Å². The van der Waals surface area contributed by atoms with Gasteiger partial charge in [0.15, 0.2) is 0 Å². The molecule has 1 aromatic rings. The average Bonchev–Trinajstić information content (AvgIpc) is 2.15. The first-order valence-corrected chi connectivity index (χ1v) is 4.25. The Morgan fingerprint density at radius 1 is 1.50 bits per heavy atom. The van der Waals surface area contributed by atoms with Crippen LogP contribution in [0.25, 0.3) is 6.08 Å². The first-order chi connectivity index (χ1) is 6.63. The molecule has 1 aromatic carbocycles. The fourth-order valence-corrected chi connectivity index (χ4v) is 1.13. The van der Waals surface area contributed by atoms with E-state index in [0.717, 1.165) is 16.9 Å². The van der Waals surface area contributed by atoms with Crippen LogP contribution in [0.4, 0.5) is 0 Å². The number of carbonyl (C=O) groups is 1. The fraction of sp³-hybridized carbons (Fsp3) is 0.182. The third-order valence-corrected chi connectivity index (χ3v) is 1.82. The molecule has 1 amide bonds. The van der Waals surface area contributed by atoms with Crippen LogP contribution in [0.3, 0.4) is 0 Å². The van der Waals surface area contributed by atoms with Crippen molar-refractivity contribution in [2.75, 3.05) is 7.11 Å². The highest BCUT2D eigenvalue weighted by Crippen LogP contribution is 2.20. The molecular formula is C11H13NO2. The van der Waals surface area contributed by atoms with Gasteiger partial charge in [-0.15, -0.1) is 0 Å². The van der Waals surface area contributed by atoms with Crippen molar-refractivity contribution < 1.29 is 9.53 Å². The van der Waals surface area contributed by atoms with Crippen molar-refractivity contribution in [3.8, 4) is 5.75 Å². The standard InChI is InChI=1S/C11H13NO2/c1-8-3-4-9(5-6-11(12)13)10(7-8)14-2/h3-7H,1-2H3,(H2,12,13). The molecule has 0 bridgehead atoms. The van der Waals surface area contributed by atoms with Crippen LogP contribution in [0.15, 0.2) is 24.3 Å². The number of ether oxygens (including phenoxy) is 1. The summed E-state index contributed by atoms with van der Waals surface area (Å²) in [6.45, 7) is 1.98. The molecule has 0 aliphatic rings. The monoisotopic (exact) mass is 191 g/mol.